The number of hydroxylamine groups is 2. The van der Waals surface area contributed by atoms with Gasteiger partial charge in [0, 0.05) is 6.54 Å². The number of urea groups is 1. The number of hydrogen-bond donors (Lipinski definition) is 3. The molecule has 1 aromatic heterocycles. The second-order valence-corrected chi connectivity index (χ2v) is 6.85. The average Bonchev–Trinajstić information content (AvgIpc) is 2.80. The molecular weight excluding hydrogens is 392 g/mol. The number of fused-ring (bicyclic) bond motifs is 2. The van der Waals surface area contributed by atoms with Gasteiger partial charge in [-0.15, -0.1) is 4.28 Å². The number of hydrogen-bond acceptors (Lipinski definition) is 7. The lowest BCUT2D eigenvalue weighted by molar-refractivity contribution is -0.0316. The first kappa shape index (κ1) is 19.1. The number of piperidine rings is 1. The summed E-state index contributed by atoms with van der Waals surface area (Å²) in [6.45, 7) is 0.0146. The molecular formula is C13H13F2N5O6S. The fourth-order valence-electron chi connectivity index (χ4n) is 2.95. The first-order valence-corrected chi connectivity index (χ1v) is 8.92. The van der Waals surface area contributed by atoms with E-state index in [1.807, 2.05) is 0 Å². The molecule has 0 aromatic carbocycles. The van der Waals surface area contributed by atoms with Gasteiger partial charge in [0.1, 0.15) is 11.5 Å². The van der Waals surface area contributed by atoms with Gasteiger partial charge in [0.15, 0.2) is 5.82 Å². The first-order valence-electron chi connectivity index (χ1n) is 7.55. The van der Waals surface area contributed by atoms with Gasteiger partial charge in [-0.25, -0.2) is 14.2 Å². The Bertz CT molecular complexity index is 926. The molecule has 2 fully saturated rings. The Balaban J connectivity index is 1.70. The van der Waals surface area contributed by atoms with E-state index in [1.54, 1.807) is 0 Å². The lowest BCUT2D eigenvalue weighted by Crippen LogP contribution is -2.50. The Kier molecular flexibility index (Phi) is 4.79. The summed E-state index contributed by atoms with van der Waals surface area (Å²) >= 11 is 0. The molecule has 3 N–H and O–H groups in total. The zero-order valence-corrected chi connectivity index (χ0v) is 14.2. The summed E-state index contributed by atoms with van der Waals surface area (Å²) < 4.78 is 60.7. The molecule has 0 spiro atoms. The Hall–Kier alpha value is -2.71. The largest absolute Gasteiger partial charge is 0.418 e. The van der Waals surface area contributed by atoms with Crippen LogP contribution in [-0.4, -0.2) is 64.3 Å². The highest BCUT2D eigenvalue weighted by Gasteiger charge is 2.48. The normalized spacial score (nSPS) is 22.1. The van der Waals surface area contributed by atoms with E-state index in [-0.39, 0.29) is 19.4 Å². The molecule has 2 aliphatic rings. The van der Waals surface area contributed by atoms with Crippen LogP contribution in [-0.2, 0) is 14.7 Å². The van der Waals surface area contributed by atoms with Crippen molar-refractivity contribution >= 4 is 28.2 Å². The average molecular weight is 405 g/mol. The van der Waals surface area contributed by atoms with E-state index in [0.29, 0.717) is 11.1 Å². The van der Waals surface area contributed by atoms with Crippen LogP contribution in [0.2, 0.25) is 0 Å². The maximum atomic E-state index is 13.1. The van der Waals surface area contributed by atoms with E-state index in [1.165, 1.54) is 0 Å². The highest BCUT2D eigenvalue weighted by Crippen LogP contribution is 2.30. The summed E-state index contributed by atoms with van der Waals surface area (Å²) in [6.07, 6.45) is 0.441. The van der Waals surface area contributed by atoms with Crippen LogP contribution in [0.4, 0.5) is 13.6 Å². The SMILES string of the molecule is N=C(NC(=O)c1ccc(F)c(F)n1)C1CCC2CN1C(=O)N2OS(=O)(=O)O. The Morgan fingerprint density at radius 1 is 1.37 bits per heavy atom. The number of amidine groups is 1. The van der Waals surface area contributed by atoms with E-state index in [9.17, 15) is 26.8 Å². The van der Waals surface area contributed by atoms with Gasteiger partial charge >= 0.3 is 16.4 Å². The monoisotopic (exact) mass is 405 g/mol. The lowest BCUT2D eigenvalue weighted by atomic mass is 10.00. The van der Waals surface area contributed by atoms with Crippen LogP contribution in [0.15, 0.2) is 12.1 Å². The van der Waals surface area contributed by atoms with Crippen LogP contribution in [0.1, 0.15) is 23.3 Å². The topological polar surface area (TPSA) is 153 Å². The first-order chi connectivity index (χ1) is 12.6. The number of nitrogens with zero attached hydrogens (tertiary/aromatic N) is 3. The zero-order chi connectivity index (χ0) is 19.9. The predicted molar refractivity (Wildman–Crippen MR) is 82.7 cm³/mol. The molecule has 146 valence electrons. The third-order valence-electron chi connectivity index (χ3n) is 4.11. The van der Waals surface area contributed by atoms with E-state index in [2.05, 4.69) is 14.6 Å². The van der Waals surface area contributed by atoms with Gasteiger partial charge < -0.3 is 10.2 Å². The maximum Gasteiger partial charge on any atom is 0.418 e. The number of carbonyl (C=O) groups excluding carboxylic acids is 2. The quantitative estimate of drug-likeness (QED) is 0.277. The van der Waals surface area contributed by atoms with Crippen LogP contribution in [0.5, 0.6) is 0 Å². The molecule has 2 bridgehead atoms. The van der Waals surface area contributed by atoms with Gasteiger partial charge in [-0.05, 0) is 25.0 Å². The van der Waals surface area contributed by atoms with Gasteiger partial charge in [-0.2, -0.15) is 17.9 Å². The van der Waals surface area contributed by atoms with Crippen LogP contribution < -0.4 is 5.32 Å². The summed E-state index contributed by atoms with van der Waals surface area (Å²) in [6, 6.07) is -0.809. The Morgan fingerprint density at radius 3 is 2.70 bits per heavy atom. The third-order valence-corrected chi connectivity index (χ3v) is 4.46. The number of carbonyl (C=O) groups is 2. The van der Waals surface area contributed by atoms with E-state index < -0.39 is 57.7 Å². The third kappa shape index (κ3) is 3.86. The molecule has 3 rings (SSSR count). The molecule has 11 nitrogen and oxygen atoms in total. The molecule has 3 heterocycles. The number of rotatable bonds is 4. The molecule has 3 amide bonds. The van der Waals surface area contributed by atoms with Gasteiger partial charge in [0.25, 0.3) is 5.91 Å². The molecule has 2 atom stereocenters. The van der Waals surface area contributed by atoms with Crippen molar-refractivity contribution in [2.45, 2.75) is 24.9 Å². The minimum Gasteiger partial charge on any atom is -0.310 e. The summed E-state index contributed by atoms with van der Waals surface area (Å²) in [5.74, 6) is -4.09. The van der Waals surface area contributed by atoms with Gasteiger partial charge in [0.05, 0.1) is 12.1 Å². The van der Waals surface area contributed by atoms with Crippen molar-refractivity contribution in [2.24, 2.45) is 0 Å². The van der Waals surface area contributed by atoms with Crippen molar-refractivity contribution in [3.63, 3.8) is 0 Å². The van der Waals surface area contributed by atoms with Crippen molar-refractivity contribution < 1.29 is 35.6 Å². The van der Waals surface area contributed by atoms with Crippen molar-refractivity contribution in [3.8, 4) is 0 Å². The fourth-order valence-corrected chi connectivity index (χ4v) is 3.33. The van der Waals surface area contributed by atoms with Gasteiger partial charge in [-0.1, -0.05) is 0 Å². The van der Waals surface area contributed by atoms with Crippen molar-refractivity contribution in [2.75, 3.05) is 6.54 Å². The summed E-state index contributed by atoms with van der Waals surface area (Å²) in [7, 11) is -4.90. The number of aromatic nitrogens is 1. The number of halogens is 2. The maximum absolute atomic E-state index is 13.1. The molecule has 0 radical (unpaired) electrons. The van der Waals surface area contributed by atoms with E-state index in [4.69, 9.17) is 9.96 Å². The highest BCUT2D eigenvalue weighted by molar-refractivity contribution is 7.80. The Labute approximate surface area is 151 Å². The minimum absolute atomic E-state index is 0.0146. The Morgan fingerprint density at radius 2 is 2.07 bits per heavy atom. The van der Waals surface area contributed by atoms with Crippen molar-refractivity contribution in [3.05, 3.63) is 29.6 Å². The molecule has 14 heteroatoms. The number of nitrogens with one attached hydrogen (secondary N) is 2. The zero-order valence-electron chi connectivity index (χ0n) is 13.4. The van der Waals surface area contributed by atoms with Gasteiger partial charge in [0.2, 0.25) is 5.95 Å². The lowest BCUT2D eigenvalue weighted by Gasteiger charge is -2.30. The molecule has 1 aromatic rings. The van der Waals surface area contributed by atoms with Crippen LogP contribution in [0, 0.1) is 17.2 Å². The molecule has 2 unspecified atom stereocenters. The number of pyridine rings is 1. The van der Waals surface area contributed by atoms with E-state index >= 15 is 0 Å². The fraction of sp³-hybridized carbons (Fsp3) is 0.385. The predicted octanol–water partition coefficient (Wildman–Crippen LogP) is 0.0699. The van der Waals surface area contributed by atoms with E-state index in [0.717, 1.165) is 11.0 Å². The molecule has 27 heavy (non-hydrogen) atoms. The second kappa shape index (κ2) is 6.79. The summed E-state index contributed by atoms with van der Waals surface area (Å²) in [5.41, 5.74) is -0.462. The molecule has 0 saturated carbocycles. The van der Waals surface area contributed by atoms with Crippen LogP contribution >= 0.6 is 0 Å². The van der Waals surface area contributed by atoms with Crippen molar-refractivity contribution in [1.29, 1.82) is 5.41 Å². The molecule has 0 aliphatic carbocycles. The van der Waals surface area contributed by atoms with Crippen LogP contribution in [0.3, 0.4) is 0 Å². The second-order valence-electron chi connectivity index (χ2n) is 5.85. The summed E-state index contributed by atoms with van der Waals surface area (Å²) in [4.78, 5) is 28.5. The standard InChI is InChI=1S/C13H13F2N5O6S/c14-7-2-3-8(17-10(7)15)12(21)18-11(16)9-4-1-6-5-19(9)13(22)20(6)26-27(23,24)25/h2-3,6,9H,1,4-5H2,(H2,16,18,21)(H,23,24,25). The number of amides is 3. The van der Waals surface area contributed by atoms with Gasteiger partial charge in [-0.3, -0.25) is 14.8 Å². The molecule has 2 aliphatic heterocycles. The summed E-state index contributed by atoms with van der Waals surface area (Å²) in [5, 5.41) is 10.7. The minimum atomic E-state index is -4.90. The highest BCUT2D eigenvalue weighted by atomic mass is 32.3. The smallest absolute Gasteiger partial charge is 0.310 e. The van der Waals surface area contributed by atoms with Crippen LogP contribution in [0.25, 0.3) is 0 Å². The molecule has 2 saturated heterocycles. The van der Waals surface area contributed by atoms with Crippen molar-refractivity contribution in [1.82, 2.24) is 20.3 Å².